The number of hydrogen-bond acceptors (Lipinski definition) is 2. The minimum absolute atomic E-state index is 0.0156. The molecule has 1 fully saturated rings. The molecule has 3 nitrogen and oxygen atoms in total. The van der Waals surface area contributed by atoms with Gasteiger partial charge in [-0.2, -0.15) is 0 Å². The monoisotopic (exact) mass is 254 g/mol. The Morgan fingerprint density at radius 2 is 1.89 bits per heavy atom. The standard InChI is InChI=1S/C16H18N2O/c1-11(18-15(19)16(17)8-9-16)13-7-6-12-4-2-3-5-14(12)10-13/h2-7,10-11H,8-9,17H2,1H3,(H,18,19)/t11-/m0/s1. The lowest BCUT2D eigenvalue weighted by molar-refractivity contribution is -0.123. The number of carbonyl (C=O) groups excluding carboxylic acids is 1. The van der Waals surface area contributed by atoms with Crippen LogP contribution in [0, 0.1) is 0 Å². The first-order chi connectivity index (χ1) is 9.08. The number of nitrogens with one attached hydrogen (secondary N) is 1. The fraction of sp³-hybridized carbons (Fsp3) is 0.312. The van der Waals surface area contributed by atoms with Crippen molar-refractivity contribution in [1.29, 1.82) is 0 Å². The maximum atomic E-state index is 11.9. The lowest BCUT2D eigenvalue weighted by Gasteiger charge is -2.17. The number of hydrogen-bond donors (Lipinski definition) is 2. The first kappa shape index (κ1) is 12.2. The molecule has 1 aliphatic rings. The van der Waals surface area contributed by atoms with Crippen molar-refractivity contribution in [3.63, 3.8) is 0 Å². The molecule has 0 spiro atoms. The molecular formula is C16H18N2O. The van der Waals surface area contributed by atoms with Crippen molar-refractivity contribution >= 4 is 16.7 Å². The third kappa shape index (κ3) is 2.34. The van der Waals surface area contributed by atoms with Crippen LogP contribution in [0.15, 0.2) is 42.5 Å². The summed E-state index contributed by atoms with van der Waals surface area (Å²) in [6.45, 7) is 1.99. The van der Waals surface area contributed by atoms with Gasteiger partial charge in [-0.05, 0) is 42.2 Å². The Balaban J connectivity index is 1.81. The molecule has 1 amide bonds. The summed E-state index contributed by atoms with van der Waals surface area (Å²) >= 11 is 0. The van der Waals surface area contributed by atoms with E-state index in [1.807, 2.05) is 19.1 Å². The van der Waals surface area contributed by atoms with Crippen LogP contribution in [0.4, 0.5) is 0 Å². The van der Waals surface area contributed by atoms with Gasteiger partial charge in [0.15, 0.2) is 0 Å². The van der Waals surface area contributed by atoms with Crippen LogP contribution in [-0.2, 0) is 4.79 Å². The molecule has 1 saturated carbocycles. The van der Waals surface area contributed by atoms with Crippen LogP contribution < -0.4 is 11.1 Å². The maximum absolute atomic E-state index is 11.9. The van der Waals surface area contributed by atoms with E-state index in [4.69, 9.17) is 5.73 Å². The summed E-state index contributed by atoms with van der Waals surface area (Å²) in [5.41, 5.74) is 6.40. The molecule has 0 aromatic heterocycles. The van der Waals surface area contributed by atoms with E-state index < -0.39 is 5.54 Å². The Morgan fingerprint density at radius 1 is 1.21 bits per heavy atom. The van der Waals surface area contributed by atoms with E-state index in [9.17, 15) is 4.79 Å². The highest BCUT2D eigenvalue weighted by Crippen LogP contribution is 2.33. The zero-order chi connectivity index (χ0) is 13.5. The van der Waals surface area contributed by atoms with Gasteiger partial charge in [-0.15, -0.1) is 0 Å². The van der Waals surface area contributed by atoms with Gasteiger partial charge in [-0.25, -0.2) is 0 Å². The highest BCUT2D eigenvalue weighted by Gasteiger charge is 2.46. The van der Waals surface area contributed by atoms with Crippen molar-refractivity contribution in [3.05, 3.63) is 48.0 Å². The smallest absolute Gasteiger partial charge is 0.240 e. The molecule has 1 aliphatic carbocycles. The molecule has 0 aliphatic heterocycles. The summed E-state index contributed by atoms with van der Waals surface area (Å²) in [5, 5.41) is 5.40. The average molecular weight is 254 g/mol. The Kier molecular flexibility index (Phi) is 2.79. The van der Waals surface area contributed by atoms with E-state index in [0.29, 0.717) is 0 Å². The molecule has 0 saturated heterocycles. The number of rotatable bonds is 3. The lowest BCUT2D eigenvalue weighted by Crippen LogP contribution is -2.43. The largest absolute Gasteiger partial charge is 0.348 e. The Labute approximate surface area is 112 Å². The van der Waals surface area contributed by atoms with Crippen molar-refractivity contribution < 1.29 is 4.79 Å². The van der Waals surface area contributed by atoms with E-state index in [-0.39, 0.29) is 11.9 Å². The predicted molar refractivity (Wildman–Crippen MR) is 76.7 cm³/mol. The van der Waals surface area contributed by atoms with Crippen LogP contribution in [0.1, 0.15) is 31.4 Å². The number of amides is 1. The number of nitrogens with two attached hydrogens (primary N) is 1. The molecule has 98 valence electrons. The molecule has 2 aromatic rings. The topological polar surface area (TPSA) is 55.1 Å². The molecule has 0 bridgehead atoms. The lowest BCUT2D eigenvalue weighted by atomic mass is 10.0. The highest BCUT2D eigenvalue weighted by atomic mass is 16.2. The normalized spacial score (nSPS) is 18.0. The van der Waals surface area contributed by atoms with Gasteiger partial charge in [-0.1, -0.05) is 36.4 Å². The van der Waals surface area contributed by atoms with Crippen LogP contribution >= 0.6 is 0 Å². The second-order valence-corrected chi connectivity index (χ2v) is 5.46. The van der Waals surface area contributed by atoms with E-state index in [0.717, 1.165) is 18.4 Å². The Morgan fingerprint density at radius 3 is 2.58 bits per heavy atom. The summed E-state index contributed by atoms with van der Waals surface area (Å²) in [7, 11) is 0. The maximum Gasteiger partial charge on any atom is 0.240 e. The van der Waals surface area contributed by atoms with Gasteiger partial charge in [0.05, 0.1) is 11.6 Å². The van der Waals surface area contributed by atoms with Gasteiger partial charge < -0.3 is 11.1 Å². The third-order valence-corrected chi connectivity index (χ3v) is 3.86. The number of carbonyl (C=O) groups is 1. The van der Waals surface area contributed by atoms with Crippen LogP contribution in [0.3, 0.4) is 0 Å². The Hall–Kier alpha value is -1.87. The van der Waals surface area contributed by atoms with Gasteiger partial charge in [0.25, 0.3) is 0 Å². The van der Waals surface area contributed by atoms with E-state index in [1.165, 1.54) is 10.8 Å². The number of fused-ring (bicyclic) bond motifs is 1. The molecule has 0 heterocycles. The quantitative estimate of drug-likeness (QED) is 0.884. The molecule has 3 heteroatoms. The van der Waals surface area contributed by atoms with Gasteiger partial charge in [-0.3, -0.25) is 4.79 Å². The molecule has 19 heavy (non-hydrogen) atoms. The fourth-order valence-electron chi connectivity index (χ4n) is 2.26. The molecule has 0 unspecified atom stereocenters. The van der Waals surface area contributed by atoms with Crippen molar-refractivity contribution in [3.8, 4) is 0 Å². The average Bonchev–Trinajstić information content (AvgIpc) is 3.17. The summed E-state index contributed by atoms with van der Waals surface area (Å²) in [4.78, 5) is 11.9. The summed E-state index contributed by atoms with van der Waals surface area (Å²) in [6.07, 6.45) is 1.59. The highest BCUT2D eigenvalue weighted by molar-refractivity contribution is 5.89. The molecule has 1 atom stereocenters. The first-order valence-corrected chi connectivity index (χ1v) is 6.67. The SMILES string of the molecule is C[C@H](NC(=O)C1(N)CC1)c1ccc2ccccc2c1. The number of benzene rings is 2. The van der Waals surface area contributed by atoms with Crippen molar-refractivity contribution in [2.24, 2.45) is 5.73 Å². The molecule has 0 radical (unpaired) electrons. The van der Waals surface area contributed by atoms with Gasteiger partial charge >= 0.3 is 0 Å². The molecule has 2 aromatic carbocycles. The Bertz CT molecular complexity index is 631. The minimum Gasteiger partial charge on any atom is -0.348 e. The van der Waals surface area contributed by atoms with Crippen LogP contribution in [-0.4, -0.2) is 11.4 Å². The zero-order valence-corrected chi connectivity index (χ0v) is 11.0. The van der Waals surface area contributed by atoms with Crippen LogP contribution in [0.2, 0.25) is 0 Å². The van der Waals surface area contributed by atoms with Crippen molar-refractivity contribution in [2.45, 2.75) is 31.3 Å². The minimum atomic E-state index is -0.606. The summed E-state index contributed by atoms with van der Waals surface area (Å²) in [6, 6.07) is 14.5. The van der Waals surface area contributed by atoms with Crippen molar-refractivity contribution in [2.75, 3.05) is 0 Å². The fourth-order valence-corrected chi connectivity index (χ4v) is 2.26. The van der Waals surface area contributed by atoms with E-state index >= 15 is 0 Å². The third-order valence-electron chi connectivity index (χ3n) is 3.86. The van der Waals surface area contributed by atoms with Crippen LogP contribution in [0.5, 0.6) is 0 Å². The molecule has 3 N–H and O–H groups in total. The van der Waals surface area contributed by atoms with Crippen molar-refractivity contribution in [1.82, 2.24) is 5.32 Å². The summed E-state index contributed by atoms with van der Waals surface area (Å²) in [5.74, 6) is -0.0341. The summed E-state index contributed by atoms with van der Waals surface area (Å²) < 4.78 is 0. The predicted octanol–water partition coefficient (Wildman–Crippen LogP) is 2.51. The second-order valence-electron chi connectivity index (χ2n) is 5.46. The van der Waals surface area contributed by atoms with E-state index in [2.05, 4.69) is 35.6 Å². The van der Waals surface area contributed by atoms with Gasteiger partial charge in [0.1, 0.15) is 0 Å². The van der Waals surface area contributed by atoms with Crippen LogP contribution in [0.25, 0.3) is 10.8 Å². The zero-order valence-electron chi connectivity index (χ0n) is 11.0. The molecule has 3 rings (SSSR count). The molecular weight excluding hydrogens is 236 g/mol. The van der Waals surface area contributed by atoms with Gasteiger partial charge in [0, 0.05) is 0 Å². The van der Waals surface area contributed by atoms with E-state index in [1.54, 1.807) is 0 Å². The van der Waals surface area contributed by atoms with Gasteiger partial charge in [0.2, 0.25) is 5.91 Å². The first-order valence-electron chi connectivity index (χ1n) is 6.67. The second kappa shape index (κ2) is 4.35.